The third-order valence-corrected chi connectivity index (χ3v) is 3.66. The highest BCUT2D eigenvalue weighted by Crippen LogP contribution is 2.16. The summed E-state index contributed by atoms with van der Waals surface area (Å²) in [6.07, 6.45) is 8.45. The Balaban J connectivity index is 1.97. The van der Waals surface area contributed by atoms with Gasteiger partial charge in [-0.3, -0.25) is 9.78 Å². The van der Waals surface area contributed by atoms with Crippen molar-refractivity contribution in [2.75, 3.05) is 31.1 Å². The number of pyridine rings is 1. The Morgan fingerprint density at radius 2 is 2.05 bits per heavy atom. The first kappa shape index (κ1) is 15.5. The minimum Gasteiger partial charge on any atom is -0.368 e. The van der Waals surface area contributed by atoms with Crippen molar-refractivity contribution in [3.05, 3.63) is 36.2 Å². The lowest BCUT2D eigenvalue weighted by atomic mass is 10.2. The van der Waals surface area contributed by atoms with E-state index >= 15 is 0 Å². The fourth-order valence-electron chi connectivity index (χ4n) is 2.49. The van der Waals surface area contributed by atoms with Crippen molar-refractivity contribution in [3.63, 3.8) is 0 Å². The predicted molar refractivity (Wildman–Crippen MR) is 86.4 cm³/mol. The van der Waals surface area contributed by atoms with E-state index in [0.29, 0.717) is 5.92 Å². The van der Waals surface area contributed by atoms with Gasteiger partial charge in [0.1, 0.15) is 0 Å². The van der Waals surface area contributed by atoms with E-state index in [2.05, 4.69) is 36.7 Å². The molecule has 114 valence electrons. The van der Waals surface area contributed by atoms with E-state index in [1.54, 1.807) is 6.08 Å². The predicted octanol–water partition coefficient (Wildman–Crippen LogP) is 2.64. The van der Waals surface area contributed by atoms with Gasteiger partial charge in [0.05, 0.1) is 11.9 Å². The van der Waals surface area contributed by atoms with E-state index in [1.165, 1.54) is 5.56 Å². The molecule has 4 nitrogen and oxygen atoms in total. The number of aromatic nitrogens is 1. The molecule has 0 saturated carbocycles. The maximum absolute atomic E-state index is 12.2. The van der Waals surface area contributed by atoms with Crippen LogP contribution in [0.3, 0.4) is 0 Å². The summed E-state index contributed by atoms with van der Waals surface area (Å²) in [4.78, 5) is 20.7. The monoisotopic (exact) mass is 287 g/mol. The Hall–Kier alpha value is -1.84. The Kier molecular flexibility index (Phi) is 5.37. The molecule has 4 heteroatoms. The van der Waals surface area contributed by atoms with E-state index in [-0.39, 0.29) is 5.91 Å². The molecule has 0 aromatic carbocycles. The van der Waals surface area contributed by atoms with Gasteiger partial charge < -0.3 is 9.80 Å². The second-order valence-electron chi connectivity index (χ2n) is 5.99. The summed E-state index contributed by atoms with van der Waals surface area (Å²) in [5.41, 5.74) is 2.33. The number of hydrogen-bond donors (Lipinski definition) is 0. The molecule has 0 bridgehead atoms. The van der Waals surface area contributed by atoms with E-state index < -0.39 is 0 Å². The van der Waals surface area contributed by atoms with Crippen LogP contribution in [0, 0.1) is 12.8 Å². The number of rotatable bonds is 3. The van der Waals surface area contributed by atoms with Gasteiger partial charge in [0.15, 0.2) is 0 Å². The number of anilines is 1. The van der Waals surface area contributed by atoms with Crippen molar-refractivity contribution >= 4 is 11.6 Å². The molecule has 0 N–H and O–H groups in total. The molecule has 1 amide bonds. The molecular weight excluding hydrogens is 262 g/mol. The maximum atomic E-state index is 12.2. The first-order chi connectivity index (χ1) is 10.1. The first-order valence-electron chi connectivity index (χ1n) is 7.70. The molecule has 2 rings (SSSR count). The van der Waals surface area contributed by atoms with E-state index in [1.807, 2.05) is 23.4 Å². The SMILES string of the molecule is Cc1cncc(N2CCCN(C(=O)/C=C/C(C)C)CC2)c1. The average molecular weight is 287 g/mol. The van der Waals surface area contributed by atoms with Gasteiger partial charge in [-0.15, -0.1) is 0 Å². The highest BCUT2D eigenvalue weighted by molar-refractivity contribution is 5.87. The average Bonchev–Trinajstić information content (AvgIpc) is 2.70. The number of carbonyl (C=O) groups is 1. The number of allylic oxidation sites excluding steroid dienone is 1. The number of carbonyl (C=O) groups excluding carboxylic acids is 1. The molecule has 1 fully saturated rings. The van der Waals surface area contributed by atoms with Crippen LogP contribution in [0.1, 0.15) is 25.8 Å². The van der Waals surface area contributed by atoms with Gasteiger partial charge in [-0.2, -0.15) is 0 Å². The maximum Gasteiger partial charge on any atom is 0.246 e. The van der Waals surface area contributed by atoms with Crippen molar-refractivity contribution in [1.82, 2.24) is 9.88 Å². The molecule has 2 heterocycles. The van der Waals surface area contributed by atoms with Gasteiger partial charge in [-0.1, -0.05) is 19.9 Å². The topological polar surface area (TPSA) is 36.4 Å². The number of aryl methyl sites for hydroxylation is 1. The zero-order valence-corrected chi connectivity index (χ0v) is 13.2. The van der Waals surface area contributed by atoms with Gasteiger partial charge in [0.25, 0.3) is 0 Å². The van der Waals surface area contributed by atoms with Crippen LogP contribution >= 0.6 is 0 Å². The molecule has 1 aromatic heterocycles. The van der Waals surface area contributed by atoms with Gasteiger partial charge in [0, 0.05) is 32.4 Å². The second kappa shape index (κ2) is 7.25. The summed E-state index contributed by atoms with van der Waals surface area (Å²) in [6, 6.07) is 2.16. The highest BCUT2D eigenvalue weighted by atomic mass is 16.2. The van der Waals surface area contributed by atoms with E-state index in [4.69, 9.17) is 0 Å². The van der Waals surface area contributed by atoms with Gasteiger partial charge >= 0.3 is 0 Å². The smallest absolute Gasteiger partial charge is 0.246 e. The number of hydrogen-bond acceptors (Lipinski definition) is 3. The van der Waals surface area contributed by atoms with Crippen molar-refractivity contribution in [3.8, 4) is 0 Å². The minimum atomic E-state index is 0.132. The molecule has 0 radical (unpaired) electrons. The van der Waals surface area contributed by atoms with Crippen LogP contribution in [0.4, 0.5) is 5.69 Å². The lowest BCUT2D eigenvalue weighted by Crippen LogP contribution is -2.34. The summed E-state index contributed by atoms with van der Waals surface area (Å²) < 4.78 is 0. The molecule has 1 aliphatic heterocycles. The molecular formula is C17H25N3O. The molecule has 0 unspecified atom stereocenters. The lowest BCUT2D eigenvalue weighted by molar-refractivity contribution is -0.125. The van der Waals surface area contributed by atoms with Gasteiger partial charge in [0.2, 0.25) is 5.91 Å². The summed E-state index contributed by atoms with van der Waals surface area (Å²) >= 11 is 0. The Bertz CT molecular complexity index is 511. The molecule has 1 saturated heterocycles. The quantitative estimate of drug-likeness (QED) is 0.802. The Morgan fingerprint density at radius 3 is 2.76 bits per heavy atom. The summed E-state index contributed by atoms with van der Waals surface area (Å²) in [5, 5.41) is 0. The van der Waals surface area contributed by atoms with Crippen LogP contribution in [0.15, 0.2) is 30.6 Å². The van der Waals surface area contributed by atoms with Crippen LogP contribution in [-0.4, -0.2) is 42.0 Å². The van der Waals surface area contributed by atoms with Crippen molar-refractivity contribution < 1.29 is 4.79 Å². The van der Waals surface area contributed by atoms with E-state index in [9.17, 15) is 4.79 Å². The van der Waals surface area contributed by atoms with Crippen molar-refractivity contribution in [1.29, 1.82) is 0 Å². The van der Waals surface area contributed by atoms with Gasteiger partial charge in [-0.25, -0.2) is 0 Å². The van der Waals surface area contributed by atoms with E-state index in [0.717, 1.165) is 38.3 Å². The van der Waals surface area contributed by atoms with Crippen LogP contribution in [0.25, 0.3) is 0 Å². The Morgan fingerprint density at radius 1 is 1.24 bits per heavy atom. The Labute approximate surface area is 127 Å². The lowest BCUT2D eigenvalue weighted by Gasteiger charge is -2.23. The van der Waals surface area contributed by atoms with Crippen LogP contribution < -0.4 is 4.90 Å². The summed E-state index contributed by atoms with van der Waals surface area (Å²) in [6.45, 7) is 9.67. The third kappa shape index (κ3) is 4.59. The van der Waals surface area contributed by atoms with Crippen LogP contribution in [0.2, 0.25) is 0 Å². The zero-order chi connectivity index (χ0) is 15.2. The molecule has 1 aromatic rings. The first-order valence-corrected chi connectivity index (χ1v) is 7.70. The minimum absolute atomic E-state index is 0.132. The molecule has 21 heavy (non-hydrogen) atoms. The summed E-state index contributed by atoms with van der Waals surface area (Å²) in [7, 11) is 0. The van der Waals surface area contributed by atoms with Crippen molar-refractivity contribution in [2.45, 2.75) is 27.2 Å². The molecule has 1 aliphatic rings. The second-order valence-corrected chi connectivity index (χ2v) is 5.99. The number of amides is 1. The molecule has 0 spiro atoms. The highest BCUT2D eigenvalue weighted by Gasteiger charge is 2.18. The molecule has 0 aliphatic carbocycles. The fourth-order valence-corrected chi connectivity index (χ4v) is 2.49. The van der Waals surface area contributed by atoms with Crippen molar-refractivity contribution in [2.24, 2.45) is 5.92 Å². The summed E-state index contributed by atoms with van der Waals surface area (Å²) in [5.74, 6) is 0.545. The third-order valence-electron chi connectivity index (χ3n) is 3.66. The largest absolute Gasteiger partial charge is 0.368 e. The van der Waals surface area contributed by atoms with Gasteiger partial charge in [-0.05, 0) is 37.0 Å². The van der Waals surface area contributed by atoms with Crippen LogP contribution in [0.5, 0.6) is 0 Å². The number of nitrogens with zero attached hydrogens (tertiary/aromatic N) is 3. The normalized spacial score (nSPS) is 16.6. The fraction of sp³-hybridized carbons (Fsp3) is 0.529. The van der Waals surface area contributed by atoms with Crippen LogP contribution in [-0.2, 0) is 4.79 Å². The standard InChI is InChI=1S/C17H25N3O/c1-14(2)5-6-17(21)20-8-4-7-19(9-10-20)16-11-15(3)12-18-13-16/h5-6,11-14H,4,7-10H2,1-3H3/b6-5+. The molecule has 0 atom stereocenters. The zero-order valence-electron chi connectivity index (χ0n) is 13.2.